The zero-order chi connectivity index (χ0) is 15.5. The maximum Gasteiger partial charge on any atom is 0.190 e. The quantitative estimate of drug-likeness (QED) is 0.600. The Hall–Kier alpha value is -0.580. The van der Waals surface area contributed by atoms with Gasteiger partial charge in [-0.05, 0) is 73.8 Å². The largest absolute Gasteiger partial charge is 0.478 e. The summed E-state index contributed by atoms with van der Waals surface area (Å²) in [5.41, 5.74) is 1.46. The van der Waals surface area contributed by atoms with Crippen molar-refractivity contribution in [1.29, 1.82) is 0 Å². The first-order valence-electron chi connectivity index (χ1n) is 7.89. The van der Waals surface area contributed by atoms with Crippen molar-refractivity contribution >= 4 is 28.5 Å². The van der Waals surface area contributed by atoms with Crippen LogP contribution in [0.3, 0.4) is 0 Å². The molecule has 0 amide bonds. The van der Waals surface area contributed by atoms with Crippen molar-refractivity contribution in [3.63, 3.8) is 0 Å². The van der Waals surface area contributed by atoms with Gasteiger partial charge in [0, 0.05) is 8.99 Å². The van der Waals surface area contributed by atoms with Gasteiger partial charge in [0.25, 0.3) is 0 Å². The lowest BCUT2D eigenvalue weighted by Crippen LogP contribution is -2.31. The van der Waals surface area contributed by atoms with Crippen molar-refractivity contribution in [2.75, 3.05) is 6.61 Å². The van der Waals surface area contributed by atoms with Crippen LogP contribution in [0.15, 0.2) is 29.3 Å². The van der Waals surface area contributed by atoms with Crippen LogP contribution in [-0.4, -0.2) is 18.0 Å². The van der Waals surface area contributed by atoms with Gasteiger partial charge in [0.15, 0.2) is 5.90 Å². The molecule has 0 saturated carbocycles. The van der Waals surface area contributed by atoms with Crippen molar-refractivity contribution in [2.24, 2.45) is 10.4 Å². The lowest BCUT2D eigenvalue weighted by Gasteiger charge is -2.31. The lowest BCUT2D eigenvalue weighted by atomic mass is 9.77. The van der Waals surface area contributed by atoms with Gasteiger partial charge in [0.1, 0.15) is 6.61 Å². The molecule has 1 heterocycles. The Balaban J connectivity index is 2.18. The number of aryl methyl sites for hydroxylation is 1. The zero-order valence-electron chi connectivity index (χ0n) is 13.6. The van der Waals surface area contributed by atoms with Crippen molar-refractivity contribution in [2.45, 2.75) is 58.9 Å². The summed E-state index contributed by atoms with van der Waals surface area (Å²) in [5, 5.41) is 0. The molecule has 2 nitrogen and oxygen atoms in total. The van der Waals surface area contributed by atoms with E-state index < -0.39 is 0 Å². The van der Waals surface area contributed by atoms with Crippen LogP contribution in [0.25, 0.3) is 0 Å². The van der Waals surface area contributed by atoms with Gasteiger partial charge in [-0.3, -0.25) is 0 Å². The van der Waals surface area contributed by atoms with Gasteiger partial charge >= 0.3 is 0 Å². The smallest absolute Gasteiger partial charge is 0.190 e. The second-order valence-electron chi connectivity index (χ2n) is 6.60. The third-order valence-electron chi connectivity index (χ3n) is 4.60. The van der Waals surface area contributed by atoms with Crippen LogP contribution in [0.1, 0.15) is 52.5 Å². The summed E-state index contributed by atoms with van der Waals surface area (Å²) in [6.07, 6.45) is 4.36. The molecule has 21 heavy (non-hydrogen) atoms. The Labute approximate surface area is 142 Å². The maximum atomic E-state index is 5.98. The van der Waals surface area contributed by atoms with Gasteiger partial charge in [0.2, 0.25) is 0 Å². The maximum absolute atomic E-state index is 5.98. The summed E-state index contributed by atoms with van der Waals surface area (Å²) >= 11 is 2.43. The molecule has 0 N–H and O–H groups in total. The van der Waals surface area contributed by atoms with E-state index in [0.717, 1.165) is 31.6 Å². The minimum Gasteiger partial charge on any atom is -0.478 e. The molecule has 0 aliphatic carbocycles. The van der Waals surface area contributed by atoms with E-state index in [1.165, 1.54) is 9.13 Å². The molecule has 116 valence electrons. The van der Waals surface area contributed by atoms with Gasteiger partial charge in [-0.15, -0.1) is 0 Å². The van der Waals surface area contributed by atoms with E-state index in [0.29, 0.717) is 6.61 Å². The van der Waals surface area contributed by atoms with Crippen LogP contribution in [0, 0.1) is 8.99 Å². The van der Waals surface area contributed by atoms with E-state index in [1.807, 2.05) is 0 Å². The number of halogens is 1. The van der Waals surface area contributed by atoms with E-state index in [-0.39, 0.29) is 11.0 Å². The van der Waals surface area contributed by atoms with E-state index in [2.05, 4.69) is 74.6 Å². The Bertz CT molecular complexity index is 518. The number of benzene rings is 1. The third kappa shape index (κ3) is 3.79. The predicted molar refractivity (Wildman–Crippen MR) is 98.0 cm³/mol. The average molecular weight is 399 g/mol. The summed E-state index contributed by atoms with van der Waals surface area (Å²) in [7, 11) is 0. The summed E-state index contributed by atoms with van der Waals surface area (Å²) < 4.78 is 7.33. The minimum absolute atomic E-state index is 0.0634. The molecular formula is C18H26INO. The van der Waals surface area contributed by atoms with E-state index in [9.17, 15) is 0 Å². The first-order valence-corrected chi connectivity index (χ1v) is 8.97. The van der Waals surface area contributed by atoms with Crippen LogP contribution in [0.2, 0.25) is 0 Å². The SMILES string of the molecule is CCC(CC)(CCc1ccccc1I)C1=NC(C)(C)CO1. The van der Waals surface area contributed by atoms with E-state index in [4.69, 9.17) is 9.73 Å². The van der Waals surface area contributed by atoms with Gasteiger partial charge in [-0.2, -0.15) is 0 Å². The topological polar surface area (TPSA) is 21.6 Å². The third-order valence-corrected chi connectivity index (χ3v) is 5.66. The van der Waals surface area contributed by atoms with Crippen LogP contribution in [0.5, 0.6) is 0 Å². The van der Waals surface area contributed by atoms with Crippen molar-refractivity contribution in [3.05, 3.63) is 33.4 Å². The van der Waals surface area contributed by atoms with Crippen LogP contribution in [-0.2, 0) is 11.2 Å². The molecule has 0 bridgehead atoms. The molecule has 1 aromatic carbocycles. The average Bonchev–Trinajstić information content (AvgIpc) is 2.83. The number of nitrogens with zero attached hydrogens (tertiary/aromatic N) is 1. The van der Waals surface area contributed by atoms with Crippen LogP contribution >= 0.6 is 22.6 Å². The minimum atomic E-state index is -0.0634. The number of hydrogen-bond acceptors (Lipinski definition) is 2. The number of aliphatic imine (C=N–C) groups is 1. The Morgan fingerprint density at radius 1 is 1.24 bits per heavy atom. The van der Waals surface area contributed by atoms with Gasteiger partial charge in [-0.1, -0.05) is 32.0 Å². The second-order valence-corrected chi connectivity index (χ2v) is 7.76. The van der Waals surface area contributed by atoms with E-state index >= 15 is 0 Å². The highest BCUT2D eigenvalue weighted by Gasteiger charge is 2.39. The summed E-state index contributed by atoms with van der Waals surface area (Å²) in [6, 6.07) is 8.65. The van der Waals surface area contributed by atoms with Crippen molar-refractivity contribution < 1.29 is 4.74 Å². The molecule has 1 aromatic rings. The molecule has 1 aliphatic heterocycles. The predicted octanol–water partition coefficient (Wildman–Crippen LogP) is 5.24. The zero-order valence-corrected chi connectivity index (χ0v) is 15.7. The highest BCUT2D eigenvalue weighted by atomic mass is 127. The highest BCUT2D eigenvalue weighted by Crippen LogP contribution is 2.38. The van der Waals surface area contributed by atoms with Crippen molar-refractivity contribution in [1.82, 2.24) is 0 Å². The number of rotatable bonds is 6. The van der Waals surface area contributed by atoms with Crippen LogP contribution in [0.4, 0.5) is 0 Å². The fourth-order valence-corrected chi connectivity index (χ4v) is 3.60. The monoisotopic (exact) mass is 399 g/mol. The lowest BCUT2D eigenvalue weighted by molar-refractivity contribution is 0.223. The molecule has 0 fully saturated rings. The summed E-state index contributed by atoms with van der Waals surface area (Å²) in [4.78, 5) is 4.86. The standard InChI is InChI=1S/C18H26INO/c1-5-18(6-2,16-20-17(3,4)13-21-16)12-11-14-9-7-8-10-15(14)19/h7-10H,5-6,11-13H2,1-4H3. The molecule has 0 saturated heterocycles. The Morgan fingerprint density at radius 3 is 2.43 bits per heavy atom. The summed E-state index contributed by atoms with van der Waals surface area (Å²) in [5.74, 6) is 0.989. The number of ether oxygens (including phenoxy) is 1. The highest BCUT2D eigenvalue weighted by molar-refractivity contribution is 14.1. The van der Waals surface area contributed by atoms with Gasteiger partial charge in [0.05, 0.1) is 5.54 Å². The first kappa shape index (κ1) is 16.8. The van der Waals surface area contributed by atoms with E-state index in [1.54, 1.807) is 0 Å². The van der Waals surface area contributed by atoms with Gasteiger partial charge < -0.3 is 4.74 Å². The molecular weight excluding hydrogens is 373 g/mol. The fraction of sp³-hybridized carbons (Fsp3) is 0.611. The fourth-order valence-electron chi connectivity index (χ4n) is 2.94. The number of hydrogen-bond donors (Lipinski definition) is 0. The molecule has 0 aromatic heterocycles. The molecule has 0 radical (unpaired) electrons. The Kier molecular flexibility index (Phi) is 5.33. The molecule has 0 spiro atoms. The summed E-state index contributed by atoms with van der Waals surface area (Å²) in [6.45, 7) is 9.53. The normalized spacial score (nSPS) is 17.5. The molecule has 3 heteroatoms. The molecule has 2 rings (SSSR count). The molecule has 0 atom stereocenters. The second kappa shape index (κ2) is 6.67. The van der Waals surface area contributed by atoms with Crippen LogP contribution < -0.4 is 0 Å². The first-order chi connectivity index (χ1) is 9.92. The van der Waals surface area contributed by atoms with Gasteiger partial charge in [-0.25, -0.2) is 4.99 Å². The van der Waals surface area contributed by atoms with Crippen molar-refractivity contribution in [3.8, 4) is 0 Å². The molecule has 0 unspecified atom stereocenters. The Morgan fingerprint density at radius 2 is 1.90 bits per heavy atom. The molecule has 1 aliphatic rings.